The fraction of sp³-hybridized carbons (Fsp3) is 0.182. The normalized spacial score (nSPS) is 10.4. The van der Waals surface area contributed by atoms with E-state index in [1.165, 1.54) is 0 Å². The molecule has 0 unspecified atom stereocenters. The maximum Gasteiger partial charge on any atom is 0.355 e. The number of ether oxygens (including phenoxy) is 1. The molecule has 0 aliphatic carbocycles. The number of benzene rings is 2. The van der Waals surface area contributed by atoms with Crippen LogP contribution < -0.4 is 0 Å². The molecule has 1 aromatic heterocycles. The zero-order valence-electron chi connectivity index (χ0n) is 15.3. The summed E-state index contributed by atoms with van der Waals surface area (Å²) < 4.78 is 6.78. The lowest BCUT2D eigenvalue weighted by Crippen LogP contribution is -2.10. The quantitative estimate of drug-likeness (QED) is 0.700. The van der Waals surface area contributed by atoms with Gasteiger partial charge in [-0.2, -0.15) is 5.26 Å². The van der Waals surface area contributed by atoms with Crippen LogP contribution in [-0.2, 0) is 18.4 Å². The second-order valence-electron chi connectivity index (χ2n) is 6.10. The van der Waals surface area contributed by atoms with Gasteiger partial charge in [-0.1, -0.05) is 48.5 Å². The summed E-state index contributed by atoms with van der Waals surface area (Å²) in [5.41, 5.74) is 4.86. The molecule has 27 heavy (non-hydrogen) atoms. The number of carbonyl (C=O) groups excluding carboxylic acids is 1. The van der Waals surface area contributed by atoms with Crippen molar-refractivity contribution in [1.82, 2.24) is 4.57 Å². The Morgan fingerprint density at radius 2 is 1.81 bits per heavy atom. The second kappa shape index (κ2) is 7.90. The van der Waals surface area contributed by atoms with Crippen LogP contribution in [0.3, 0.4) is 0 Å². The van der Waals surface area contributed by atoms with E-state index in [1.807, 2.05) is 48.5 Å². The molecule has 0 saturated heterocycles. The summed E-state index contributed by atoms with van der Waals surface area (Å²) in [4.78, 5) is 12.4. The topological polar surface area (TPSA) is 75.2 Å². The number of nitriles is 1. The number of hydrogen-bond acceptors (Lipinski definition) is 4. The van der Waals surface area contributed by atoms with Crippen molar-refractivity contribution >= 4 is 5.97 Å². The van der Waals surface area contributed by atoms with Crippen molar-refractivity contribution in [3.63, 3.8) is 0 Å². The van der Waals surface area contributed by atoms with Gasteiger partial charge in [0.15, 0.2) is 0 Å². The predicted octanol–water partition coefficient (Wildman–Crippen LogP) is 3.90. The first-order valence-corrected chi connectivity index (χ1v) is 8.66. The highest BCUT2D eigenvalue weighted by Gasteiger charge is 2.22. The molecule has 136 valence electrons. The van der Waals surface area contributed by atoms with Crippen LogP contribution in [0.4, 0.5) is 0 Å². The van der Waals surface area contributed by atoms with Gasteiger partial charge >= 0.3 is 5.97 Å². The number of rotatable bonds is 5. The van der Waals surface area contributed by atoms with E-state index in [0.29, 0.717) is 16.8 Å². The molecule has 0 radical (unpaired) electrons. The van der Waals surface area contributed by atoms with Crippen molar-refractivity contribution in [2.24, 2.45) is 7.05 Å². The van der Waals surface area contributed by atoms with Crippen LogP contribution in [0.15, 0.2) is 54.7 Å². The Hall–Kier alpha value is -3.36. The van der Waals surface area contributed by atoms with E-state index in [1.54, 1.807) is 24.7 Å². The van der Waals surface area contributed by atoms with Crippen molar-refractivity contribution < 1.29 is 14.6 Å². The van der Waals surface area contributed by atoms with Crippen LogP contribution in [0.1, 0.15) is 28.5 Å². The number of aliphatic hydroxyl groups excluding tert-OH is 1. The van der Waals surface area contributed by atoms with Gasteiger partial charge in [-0.25, -0.2) is 4.79 Å². The number of aliphatic hydroxyl groups is 1. The highest BCUT2D eigenvalue weighted by Crippen LogP contribution is 2.32. The molecule has 0 amide bonds. The Balaban J connectivity index is 2.08. The number of hydrogen-bond donors (Lipinski definition) is 1. The first kappa shape index (κ1) is 18.4. The van der Waals surface area contributed by atoms with Gasteiger partial charge in [0.2, 0.25) is 0 Å². The van der Waals surface area contributed by atoms with Crippen LogP contribution in [0.2, 0.25) is 0 Å². The Labute approximate surface area is 158 Å². The minimum absolute atomic E-state index is 0.0395. The second-order valence-corrected chi connectivity index (χ2v) is 6.10. The van der Waals surface area contributed by atoms with E-state index < -0.39 is 5.97 Å². The van der Waals surface area contributed by atoms with E-state index in [9.17, 15) is 15.2 Å². The van der Waals surface area contributed by atoms with Gasteiger partial charge in [-0.05, 0) is 29.2 Å². The van der Waals surface area contributed by atoms with E-state index in [2.05, 4.69) is 6.07 Å². The third-order valence-corrected chi connectivity index (χ3v) is 4.44. The van der Waals surface area contributed by atoms with E-state index in [-0.39, 0.29) is 13.2 Å². The lowest BCUT2D eigenvalue weighted by Gasteiger charge is -2.10. The molecule has 0 atom stereocenters. The Bertz CT molecular complexity index is 1010. The van der Waals surface area contributed by atoms with Gasteiger partial charge in [-0.15, -0.1) is 0 Å². The van der Waals surface area contributed by atoms with Gasteiger partial charge in [0, 0.05) is 18.8 Å². The SMILES string of the molecule is CCOC(=O)c1c(-c2ccc(-c3ccccc3CO)cc2)c(C#N)cn1C. The summed E-state index contributed by atoms with van der Waals surface area (Å²) in [7, 11) is 1.72. The molecule has 0 saturated carbocycles. The number of aromatic nitrogens is 1. The fourth-order valence-corrected chi connectivity index (χ4v) is 3.21. The molecule has 0 aliphatic rings. The predicted molar refractivity (Wildman–Crippen MR) is 103 cm³/mol. The third-order valence-electron chi connectivity index (χ3n) is 4.44. The maximum absolute atomic E-state index is 12.4. The zero-order chi connectivity index (χ0) is 19.4. The summed E-state index contributed by atoms with van der Waals surface area (Å²) in [5.74, 6) is -0.453. The van der Waals surface area contributed by atoms with Crippen molar-refractivity contribution in [2.45, 2.75) is 13.5 Å². The highest BCUT2D eigenvalue weighted by molar-refractivity contribution is 5.98. The van der Waals surface area contributed by atoms with Crippen LogP contribution in [0.25, 0.3) is 22.3 Å². The van der Waals surface area contributed by atoms with Crippen molar-refractivity contribution in [2.75, 3.05) is 6.61 Å². The molecule has 0 fully saturated rings. The van der Waals surface area contributed by atoms with Crippen molar-refractivity contribution in [1.29, 1.82) is 5.26 Å². The molecule has 3 rings (SSSR count). The molecule has 0 spiro atoms. The van der Waals surface area contributed by atoms with E-state index in [4.69, 9.17) is 4.74 Å². The Kier molecular flexibility index (Phi) is 5.39. The third kappa shape index (κ3) is 3.48. The summed E-state index contributed by atoms with van der Waals surface area (Å²) in [6.07, 6.45) is 1.64. The van der Waals surface area contributed by atoms with Gasteiger partial charge in [0.05, 0.1) is 18.8 Å². The number of carbonyl (C=O) groups is 1. The number of esters is 1. The molecule has 3 aromatic rings. The largest absolute Gasteiger partial charge is 0.461 e. The van der Waals surface area contributed by atoms with Crippen LogP contribution in [0.5, 0.6) is 0 Å². The lowest BCUT2D eigenvalue weighted by atomic mass is 9.96. The van der Waals surface area contributed by atoms with Crippen molar-refractivity contribution in [3.8, 4) is 28.3 Å². The lowest BCUT2D eigenvalue weighted by molar-refractivity contribution is 0.0516. The maximum atomic E-state index is 12.4. The number of aryl methyl sites for hydroxylation is 1. The average molecular weight is 360 g/mol. The van der Waals surface area contributed by atoms with Crippen LogP contribution in [0, 0.1) is 11.3 Å². The van der Waals surface area contributed by atoms with Gasteiger partial charge in [0.1, 0.15) is 11.8 Å². The van der Waals surface area contributed by atoms with Gasteiger partial charge in [-0.3, -0.25) is 0 Å². The van der Waals surface area contributed by atoms with Crippen LogP contribution in [-0.4, -0.2) is 22.2 Å². The summed E-state index contributed by atoms with van der Waals surface area (Å²) >= 11 is 0. The molecular formula is C22H20N2O3. The molecule has 5 heteroatoms. The smallest absolute Gasteiger partial charge is 0.355 e. The molecule has 0 bridgehead atoms. The standard InChI is InChI=1S/C22H20N2O3/c1-3-27-22(26)21-20(18(12-23)13-24(21)2)16-10-8-15(9-11-16)19-7-5-4-6-17(19)14-25/h4-11,13,25H,3,14H2,1-2H3. The molecule has 0 aliphatic heterocycles. The molecule has 1 N–H and O–H groups in total. The highest BCUT2D eigenvalue weighted by atomic mass is 16.5. The first-order chi connectivity index (χ1) is 13.1. The first-order valence-electron chi connectivity index (χ1n) is 8.66. The minimum Gasteiger partial charge on any atom is -0.461 e. The Morgan fingerprint density at radius 1 is 1.15 bits per heavy atom. The van der Waals surface area contributed by atoms with E-state index in [0.717, 1.165) is 22.3 Å². The Morgan fingerprint density at radius 3 is 2.44 bits per heavy atom. The zero-order valence-corrected chi connectivity index (χ0v) is 15.3. The van der Waals surface area contributed by atoms with Crippen LogP contribution >= 0.6 is 0 Å². The minimum atomic E-state index is -0.453. The summed E-state index contributed by atoms with van der Waals surface area (Å²) in [6, 6.07) is 17.4. The summed E-state index contributed by atoms with van der Waals surface area (Å²) in [6.45, 7) is 1.98. The number of nitrogens with zero attached hydrogens (tertiary/aromatic N) is 2. The van der Waals surface area contributed by atoms with Gasteiger partial charge in [0.25, 0.3) is 0 Å². The fourth-order valence-electron chi connectivity index (χ4n) is 3.21. The monoisotopic (exact) mass is 360 g/mol. The molecular weight excluding hydrogens is 340 g/mol. The molecule has 1 heterocycles. The summed E-state index contributed by atoms with van der Waals surface area (Å²) in [5, 5.41) is 19.0. The molecule has 5 nitrogen and oxygen atoms in total. The average Bonchev–Trinajstić information content (AvgIpc) is 3.04. The van der Waals surface area contributed by atoms with Crippen molar-refractivity contribution in [3.05, 3.63) is 71.5 Å². The van der Waals surface area contributed by atoms with E-state index >= 15 is 0 Å². The van der Waals surface area contributed by atoms with Gasteiger partial charge < -0.3 is 14.4 Å². The molecule has 2 aromatic carbocycles.